The van der Waals surface area contributed by atoms with Crippen molar-refractivity contribution in [3.05, 3.63) is 12.4 Å². The van der Waals surface area contributed by atoms with Crippen molar-refractivity contribution in [2.24, 2.45) is 5.92 Å². The summed E-state index contributed by atoms with van der Waals surface area (Å²) in [6.07, 6.45) is 2.82. The summed E-state index contributed by atoms with van der Waals surface area (Å²) in [6, 6.07) is 1.84. The van der Waals surface area contributed by atoms with E-state index in [0.29, 0.717) is 11.8 Å². The largest absolute Gasteiger partial charge is 0.475 e. The molecule has 90 valence electrons. The number of ether oxygens (including phenoxy) is 1. The third-order valence-electron chi connectivity index (χ3n) is 2.33. The van der Waals surface area contributed by atoms with Crippen LogP contribution in [0.4, 0.5) is 5.82 Å². The Hall–Kier alpha value is -1.32. The fourth-order valence-corrected chi connectivity index (χ4v) is 1.17. The zero-order valence-corrected chi connectivity index (χ0v) is 10.5. The van der Waals surface area contributed by atoms with Crippen molar-refractivity contribution in [3.8, 4) is 5.88 Å². The van der Waals surface area contributed by atoms with Crippen LogP contribution in [0.1, 0.15) is 34.1 Å². The van der Waals surface area contributed by atoms with Gasteiger partial charge >= 0.3 is 0 Å². The highest BCUT2D eigenvalue weighted by molar-refractivity contribution is 5.37. The van der Waals surface area contributed by atoms with Crippen molar-refractivity contribution in [3.63, 3.8) is 0 Å². The van der Waals surface area contributed by atoms with Gasteiger partial charge in [-0.1, -0.05) is 20.3 Å². The summed E-state index contributed by atoms with van der Waals surface area (Å²) in [6.45, 7) is 9.27. The number of nitrogens with zero attached hydrogens (tertiary/aromatic N) is 2. The molecule has 0 amide bonds. The Balaban J connectivity index is 2.53. The van der Waals surface area contributed by atoms with Gasteiger partial charge in [-0.2, -0.15) is 0 Å². The lowest BCUT2D eigenvalue weighted by atomic mass is 10.1. The highest BCUT2D eigenvalue weighted by atomic mass is 16.5. The Labute approximate surface area is 97.5 Å². The molecule has 0 bridgehead atoms. The van der Waals surface area contributed by atoms with Crippen molar-refractivity contribution >= 4 is 5.82 Å². The minimum Gasteiger partial charge on any atom is -0.475 e. The second kappa shape index (κ2) is 6.30. The zero-order chi connectivity index (χ0) is 12.0. The van der Waals surface area contributed by atoms with Crippen LogP contribution in [0.2, 0.25) is 0 Å². The van der Waals surface area contributed by atoms with Crippen molar-refractivity contribution < 1.29 is 4.74 Å². The third kappa shape index (κ3) is 4.47. The summed E-state index contributed by atoms with van der Waals surface area (Å²) in [4.78, 5) is 8.20. The van der Waals surface area contributed by atoms with Crippen molar-refractivity contribution in [2.45, 2.75) is 40.2 Å². The summed E-state index contributed by atoms with van der Waals surface area (Å²) in [5, 5.41) is 3.28. The molecule has 4 heteroatoms. The summed E-state index contributed by atoms with van der Waals surface area (Å²) >= 11 is 0. The molecule has 0 spiro atoms. The van der Waals surface area contributed by atoms with E-state index in [9.17, 15) is 0 Å². The molecule has 1 rings (SSSR count). The summed E-state index contributed by atoms with van der Waals surface area (Å²) in [5.74, 6) is 2.09. The first-order chi connectivity index (χ1) is 7.61. The van der Waals surface area contributed by atoms with Gasteiger partial charge in [0.2, 0.25) is 5.88 Å². The second-order valence-corrected chi connectivity index (χ2v) is 4.30. The van der Waals surface area contributed by atoms with Gasteiger partial charge in [0.1, 0.15) is 12.1 Å². The van der Waals surface area contributed by atoms with Crippen LogP contribution in [0.5, 0.6) is 5.88 Å². The fourth-order valence-electron chi connectivity index (χ4n) is 1.17. The van der Waals surface area contributed by atoms with Crippen LogP contribution in [0, 0.1) is 5.92 Å². The molecular formula is C12H21N3O. The Bertz CT molecular complexity index is 315. The molecular weight excluding hydrogens is 202 g/mol. The predicted octanol–water partition coefficient (Wildman–Crippen LogP) is 2.72. The highest BCUT2D eigenvalue weighted by Crippen LogP contribution is 2.13. The first-order valence-electron chi connectivity index (χ1n) is 5.84. The van der Waals surface area contributed by atoms with E-state index in [1.807, 2.05) is 19.9 Å². The second-order valence-electron chi connectivity index (χ2n) is 4.30. The molecule has 0 fully saturated rings. The lowest BCUT2D eigenvalue weighted by molar-refractivity contribution is 0.232. The maximum absolute atomic E-state index is 5.50. The van der Waals surface area contributed by atoms with Crippen LogP contribution in [-0.4, -0.2) is 22.6 Å². The van der Waals surface area contributed by atoms with Gasteiger partial charge < -0.3 is 10.1 Å². The Morgan fingerprint density at radius 1 is 1.31 bits per heavy atom. The molecule has 1 heterocycles. The minimum atomic E-state index is 0.136. The van der Waals surface area contributed by atoms with Crippen LogP contribution in [0.25, 0.3) is 0 Å². The van der Waals surface area contributed by atoms with E-state index >= 15 is 0 Å². The Kier molecular flexibility index (Phi) is 5.02. The van der Waals surface area contributed by atoms with Gasteiger partial charge in [-0.25, -0.2) is 9.97 Å². The maximum atomic E-state index is 5.50. The van der Waals surface area contributed by atoms with E-state index in [1.165, 1.54) is 6.33 Å². The average Bonchev–Trinajstić information content (AvgIpc) is 2.25. The lowest BCUT2D eigenvalue weighted by Crippen LogP contribution is -2.12. The van der Waals surface area contributed by atoms with Crippen molar-refractivity contribution in [1.82, 2.24) is 9.97 Å². The molecule has 16 heavy (non-hydrogen) atoms. The monoisotopic (exact) mass is 223 g/mol. The third-order valence-corrected chi connectivity index (χ3v) is 2.33. The van der Waals surface area contributed by atoms with Gasteiger partial charge in [-0.3, -0.25) is 0 Å². The van der Waals surface area contributed by atoms with E-state index in [0.717, 1.165) is 18.8 Å². The molecule has 1 atom stereocenters. The molecule has 1 aromatic heterocycles. The maximum Gasteiger partial charge on any atom is 0.218 e. The first-order valence-corrected chi connectivity index (χ1v) is 5.84. The number of hydrogen-bond acceptors (Lipinski definition) is 4. The predicted molar refractivity (Wildman–Crippen MR) is 65.7 cm³/mol. The van der Waals surface area contributed by atoms with Crippen LogP contribution >= 0.6 is 0 Å². The van der Waals surface area contributed by atoms with E-state index in [2.05, 4.69) is 29.1 Å². The van der Waals surface area contributed by atoms with E-state index in [-0.39, 0.29) is 6.10 Å². The van der Waals surface area contributed by atoms with Gasteiger partial charge in [-0.05, 0) is 19.8 Å². The van der Waals surface area contributed by atoms with Crippen LogP contribution in [0.15, 0.2) is 12.4 Å². The van der Waals surface area contributed by atoms with Crippen molar-refractivity contribution in [1.29, 1.82) is 0 Å². The smallest absolute Gasteiger partial charge is 0.218 e. The molecule has 0 radical (unpaired) electrons. The van der Waals surface area contributed by atoms with E-state index in [1.54, 1.807) is 0 Å². The van der Waals surface area contributed by atoms with Crippen molar-refractivity contribution in [2.75, 3.05) is 11.9 Å². The molecule has 1 unspecified atom stereocenters. The summed E-state index contributed by atoms with van der Waals surface area (Å²) in [5.41, 5.74) is 0. The van der Waals surface area contributed by atoms with Crippen LogP contribution in [0.3, 0.4) is 0 Å². The molecule has 0 aliphatic carbocycles. The fraction of sp³-hybridized carbons (Fsp3) is 0.667. The van der Waals surface area contributed by atoms with Gasteiger partial charge in [0, 0.05) is 12.6 Å². The number of nitrogens with one attached hydrogen (secondary N) is 1. The normalized spacial score (nSPS) is 12.6. The standard InChI is InChI=1S/C12H21N3O/c1-5-10(4)7-13-11-6-12(15-8-14-11)16-9(2)3/h6,8-10H,5,7H2,1-4H3,(H,13,14,15). The van der Waals surface area contributed by atoms with E-state index in [4.69, 9.17) is 4.74 Å². The molecule has 0 saturated heterocycles. The molecule has 0 aliphatic rings. The molecule has 0 aliphatic heterocycles. The van der Waals surface area contributed by atoms with Crippen LogP contribution in [-0.2, 0) is 0 Å². The number of hydrogen-bond donors (Lipinski definition) is 1. The number of rotatable bonds is 6. The minimum absolute atomic E-state index is 0.136. The van der Waals surface area contributed by atoms with E-state index < -0.39 is 0 Å². The van der Waals surface area contributed by atoms with Gasteiger partial charge in [0.25, 0.3) is 0 Å². The molecule has 1 N–H and O–H groups in total. The summed E-state index contributed by atoms with van der Waals surface area (Å²) < 4.78 is 5.50. The molecule has 0 aromatic carbocycles. The van der Waals surface area contributed by atoms with Gasteiger partial charge in [-0.15, -0.1) is 0 Å². The average molecular weight is 223 g/mol. The SMILES string of the molecule is CCC(C)CNc1cc(OC(C)C)ncn1. The number of anilines is 1. The Morgan fingerprint density at radius 3 is 2.69 bits per heavy atom. The van der Waals surface area contributed by atoms with Crippen LogP contribution < -0.4 is 10.1 Å². The number of aromatic nitrogens is 2. The highest BCUT2D eigenvalue weighted by Gasteiger charge is 2.03. The topological polar surface area (TPSA) is 47.0 Å². The quantitative estimate of drug-likeness (QED) is 0.805. The van der Waals surface area contributed by atoms with Gasteiger partial charge in [0.05, 0.1) is 6.10 Å². The lowest BCUT2D eigenvalue weighted by Gasteiger charge is -2.12. The van der Waals surface area contributed by atoms with Gasteiger partial charge in [0.15, 0.2) is 0 Å². The molecule has 1 aromatic rings. The molecule has 4 nitrogen and oxygen atoms in total. The molecule has 0 saturated carbocycles. The summed E-state index contributed by atoms with van der Waals surface area (Å²) in [7, 11) is 0. The Morgan fingerprint density at radius 2 is 2.06 bits per heavy atom. The first kappa shape index (κ1) is 12.7. The zero-order valence-electron chi connectivity index (χ0n) is 10.5.